The maximum Gasteiger partial charge on any atom is 0.142 e. The zero-order chi connectivity index (χ0) is 14.7. The van der Waals surface area contributed by atoms with Gasteiger partial charge in [0.15, 0.2) is 0 Å². The van der Waals surface area contributed by atoms with E-state index in [-0.39, 0.29) is 16.9 Å². The van der Waals surface area contributed by atoms with Gasteiger partial charge >= 0.3 is 0 Å². The molecule has 1 atom stereocenters. The second-order valence-electron chi connectivity index (χ2n) is 4.46. The van der Waals surface area contributed by atoms with E-state index in [1.54, 1.807) is 19.2 Å². The molecule has 0 aliphatic rings. The largest absolute Gasteiger partial charge is 0.313 e. The normalized spacial score (nSPS) is 12.4. The number of likely N-dealkylation sites (N-methyl/N-ethyl adjacent to an activating group) is 1. The van der Waals surface area contributed by atoms with Crippen molar-refractivity contribution in [1.29, 1.82) is 0 Å². The van der Waals surface area contributed by atoms with Crippen molar-refractivity contribution in [1.82, 2.24) is 5.32 Å². The van der Waals surface area contributed by atoms with Gasteiger partial charge in [-0.1, -0.05) is 35.3 Å². The lowest BCUT2D eigenvalue weighted by molar-refractivity contribution is 0.580. The van der Waals surface area contributed by atoms with E-state index in [4.69, 9.17) is 23.2 Å². The third kappa shape index (κ3) is 3.48. The van der Waals surface area contributed by atoms with Gasteiger partial charge in [-0.3, -0.25) is 0 Å². The van der Waals surface area contributed by atoms with Crippen LogP contribution in [0.5, 0.6) is 0 Å². The Bertz CT molecular complexity index is 617. The second kappa shape index (κ2) is 6.53. The molecule has 2 aromatic rings. The van der Waals surface area contributed by atoms with Crippen LogP contribution in [0.3, 0.4) is 0 Å². The minimum absolute atomic E-state index is 0.0922. The number of benzene rings is 2. The molecule has 0 aliphatic heterocycles. The van der Waals surface area contributed by atoms with Crippen molar-refractivity contribution in [3.63, 3.8) is 0 Å². The summed E-state index contributed by atoms with van der Waals surface area (Å²) in [5, 5.41) is 3.54. The van der Waals surface area contributed by atoms with E-state index in [1.165, 1.54) is 24.3 Å². The lowest BCUT2D eigenvalue weighted by Gasteiger charge is -2.18. The molecule has 0 spiro atoms. The maximum absolute atomic E-state index is 13.4. The Kier molecular flexibility index (Phi) is 4.97. The molecule has 0 fully saturated rings. The molecule has 0 saturated carbocycles. The van der Waals surface area contributed by atoms with Crippen molar-refractivity contribution in [2.45, 2.75) is 12.5 Å². The van der Waals surface area contributed by atoms with Gasteiger partial charge in [-0.2, -0.15) is 0 Å². The summed E-state index contributed by atoms with van der Waals surface area (Å²) >= 11 is 11.7. The second-order valence-corrected chi connectivity index (χ2v) is 5.27. The molecule has 1 nitrogen and oxygen atoms in total. The molecule has 0 aliphatic carbocycles. The van der Waals surface area contributed by atoms with Crippen LogP contribution in [0, 0.1) is 11.6 Å². The van der Waals surface area contributed by atoms with Crippen molar-refractivity contribution >= 4 is 23.2 Å². The number of nitrogens with one attached hydrogen (secondary N) is 1. The van der Waals surface area contributed by atoms with Gasteiger partial charge in [-0.15, -0.1) is 0 Å². The van der Waals surface area contributed by atoms with Crippen molar-refractivity contribution in [3.8, 4) is 0 Å². The summed E-state index contributed by atoms with van der Waals surface area (Å²) in [4.78, 5) is 0. The molecule has 2 aromatic carbocycles. The Balaban J connectivity index is 2.26. The summed E-state index contributed by atoms with van der Waals surface area (Å²) < 4.78 is 26.5. The molecule has 5 heteroatoms. The van der Waals surface area contributed by atoms with E-state index in [0.29, 0.717) is 11.4 Å². The van der Waals surface area contributed by atoms with Crippen molar-refractivity contribution in [2.75, 3.05) is 7.05 Å². The fourth-order valence-electron chi connectivity index (χ4n) is 2.05. The smallest absolute Gasteiger partial charge is 0.142 e. The molecule has 0 saturated heterocycles. The molecular weight excluding hydrogens is 303 g/mol. The first-order chi connectivity index (χ1) is 9.51. The van der Waals surface area contributed by atoms with E-state index in [2.05, 4.69) is 5.32 Å². The van der Waals surface area contributed by atoms with E-state index in [0.717, 1.165) is 11.1 Å². The standard InChI is InChI=1S/C15H13Cl2F2N/c1-20-15(11-4-3-10(18)8-13(11)17)7-9-2-5-12(16)14(19)6-9/h2-6,8,15,20H,7H2,1H3. The van der Waals surface area contributed by atoms with Crippen LogP contribution in [-0.2, 0) is 6.42 Å². The zero-order valence-corrected chi connectivity index (χ0v) is 12.3. The number of halogens is 4. The van der Waals surface area contributed by atoms with Gasteiger partial charge < -0.3 is 5.32 Å². The molecular formula is C15H13Cl2F2N. The SMILES string of the molecule is CNC(Cc1ccc(Cl)c(F)c1)c1ccc(F)cc1Cl. The van der Waals surface area contributed by atoms with Crippen LogP contribution < -0.4 is 5.32 Å². The average Bonchev–Trinajstić information content (AvgIpc) is 2.41. The van der Waals surface area contributed by atoms with Crippen LogP contribution in [0.25, 0.3) is 0 Å². The van der Waals surface area contributed by atoms with E-state index < -0.39 is 5.82 Å². The summed E-state index contributed by atoms with van der Waals surface area (Å²) in [6.45, 7) is 0. The van der Waals surface area contributed by atoms with Gasteiger partial charge in [0.25, 0.3) is 0 Å². The maximum atomic E-state index is 13.4. The van der Waals surface area contributed by atoms with Crippen molar-refractivity contribution < 1.29 is 8.78 Å². The predicted octanol–water partition coefficient (Wildman–Crippen LogP) is 4.77. The van der Waals surface area contributed by atoms with Gasteiger partial charge in [0.2, 0.25) is 0 Å². The lowest BCUT2D eigenvalue weighted by Crippen LogP contribution is -2.19. The van der Waals surface area contributed by atoms with Gasteiger partial charge in [0.05, 0.1) is 5.02 Å². The molecule has 2 rings (SSSR count). The predicted molar refractivity (Wildman–Crippen MR) is 78.3 cm³/mol. The fourth-order valence-corrected chi connectivity index (χ4v) is 2.47. The number of hydrogen-bond acceptors (Lipinski definition) is 1. The van der Waals surface area contributed by atoms with Crippen LogP contribution in [-0.4, -0.2) is 7.05 Å². The average molecular weight is 316 g/mol. The monoisotopic (exact) mass is 315 g/mol. The summed E-state index contributed by atoms with van der Waals surface area (Å²) in [5.41, 5.74) is 1.55. The number of hydrogen-bond donors (Lipinski definition) is 1. The highest BCUT2D eigenvalue weighted by Gasteiger charge is 2.15. The Hall–Kier alpha value is -1.16. The minimum Gasteiger partial charge on any atom is -0.313 e. The highest BCUT2D eigenvalue weighted by atomic mass is 35.5. The first kappa shape index (κ1) is 15.2. The van der Waals surface area contributed by atoms with E-state index >= 15 is 0 Å². The highest BCUT2D eigenvalue weighted by Crippen LogP contribution is 2.27. The quantitative estimate of drug-likeness (QED) is 0.856. The molecule has 0 amide bonds. The zero-order valence-electron chi connectivity index (χ0n) is 10.8. The summed E-state index contributed by atoms with van der Waals surface area (Å²) in [7, 11) is 1.77. The number of rotatable bonds is 4. The van der Waals surface area contributed by atoms with Gasteiger partial charge in [0, 0.05) is 11.1 Å². The molecule has 1 unspecified atom stereocenters. The first-order valence-electron chi connectivity index (χ1n) is 6.07. The van der Waals surface area contributed by atoms with Crippen molar-refractivity contribution in [2.24, 2.45) is 0 Å². The van der Waals surface area contributed by atoms with Gasteiger partial charge in [-0.05, 0) is 48.9 Å². The first-order valence-corrected chi connectivity index (χ1v) is 6.83. The third-order valence-corrected chi connectivity index (χ3v) is 3.74. The van der Waals surface area contributed by atoms with Crippen LogP contribution in [0.4, 0.5) is 8.78 Å². The van der Waals surface area contributed by atoms with E-state index in [9.17, 15) is 8.78 Å². The summed E-state index contributed by atoms with van der Waals surface area (Å²) in [5.74, 6) is -0.838. The van der Waals surface area contributed by atoms with Crippen LogP contribution in [0.2, 0.25) is 10.0 Å². The topological polar surface area (TPSA) is 12.0 Å². The minimum atomic E-state index is -0.454. The Morgan fingerprint density at radius 1 is 1.05 bits per heavy atom. The lowest BCUT2D eigenvalue weighted by atomic mass is 9.99. The summed E-state index contributed by atoms with van der Waals surface area (Å²) in [6, 6.07) is 8.79. The fraction of sp³-hybridized carbons (Fsp3) is 0.200. The molecule has 0 aromatic heterocycles. The Morgan fingerprint density at radius 3 is 2.40 bits per heavy atom. The molecule has 0 radical (unpaired) electrons. The van der Waals surface area contributed by atoms with Gasteiger partial charge in [-0.25, -0.2) is 8.78 Å². The van der Waals surface area contributed by atoms with Gasteiger partial charge in [0.1, 0.15) is 11.6 Å². The van der Waals surface area contributed by atoms with Crippen LogP contribution >= 0.6 is 23.2 Å². The molecule has 20 heavy (non-hydrogen) atoms. The Morgan fingerprint density at radius 2 is 1.80 bits per heavy atom. The summed E-state index contributed by atoms with van der Waals surface area (Å²) in [6.07, 6.45) is 0.524. The highest BCUT2D eigenvalue weighted by molar-refractivity contribution is 6.31. The van der Waals surface area contributed by atoms with E-state index in [1.807, 2.05) is 0 Å². The van der Waals surface area contributed by atoms with Crippen molar-refractivity contribution in [3.05, 3.63) is 69.2 Å². The molecule has 1 N–H and O–H groups in total. The van der Waals surface area contributed by atoms with Crippen LogP contribution in [0.15, 0.2) is 36.4 Å². The molecule has 0 heterocycles. The van der Waals surface area contributed by atoms with Crippen LogP contribution in [0.1, 0.15) is 17.2 Å². The Labute approximate surface area is 126 Å². The third-order valence-electron chi connectivity index (χ3n) is 3.11. The molecule has 106 valence electrons. The molecule has 0 bridgehead atoms.